The molecule has 0 amide bonds. The summed E-state index contributed by atoms with van der Waals surface area (Å²) in [6, 6.07) is 4.24. The zero-order valence-corrected chi connectivity index (χ0v) is 12.0. The van der Waals surface area contributed by atoms with Crippen molar-refractivity contribution in [1.82, 2.24) is 5.06 Å². The molecule has 0 saturated heterocycles. The van der Waals surface area contributed by atoms with Crippen molar-refractivity contribution >= 4 is 27.3 Å². The number of hydroxylamine groups is 2. The van der Waals surface area contributed by atoms with E-state index in [2.05, 4.69) is 22.0 Å². The Morgan fingerprint density at radius 3 is 3.06 bits per heavy atom. The summed E-state index contributed by atoms with van der Waals surface area (Å²) in [5, 5.41) is 1.90. The zero-order chi connectivity index (χ0) is 12.3. The Morgan fingerprint density at radius 2 is 2.41 bits per heavy atom. The number of ether oxygens (including phenoxy) is 1. The minimum absolute atomic E-state index is 0.114. The molecule has 6 heteroatoms. The molecule has 0 fully saturated rings. The van der Waals surface area contributed by atoms with Crippen LogP contribution in [0.4, 0.5) is 0 Å². The van der Waals surface area contributed by atoms with Crippen LogP contribution in [0.2, 0.25) is 0 Å². The van der Waals surface area contributed by atoms with Crippen molar-refractivity contribution in [2.24, 2.45) is 5.73 Å². The molecule has 4 nitrogen and oxygen atoms in total. The van der Waals surface area contributed by atoms with Gasteiger partial charge in [-0.1, -0.05) is 0 Å². The second-order valence-electron chi connectivity index (χ2n) is 3.73. The molecule has 1 atom stereocenters. The fraction of sp³-hybridized carbons (Fsp3) is 0.455. The highest BCUT2D eigenvalue weighted by Crippen LogP contribution is 2.35. The first-order valence-corrected chi connectivity index (χ1v) is 6.97. The predicted octanol–water partition coefficient (Wildman–Crippen LogP) is 2.64. The molecule has 0 spiro atoms. The van der Waals surface area contributed by atoms with Gasteiger partial charge >= 0.3 is 0 Å². The first-order valence-electron chi connectivity index (χ1n) is 5.37. The van der Waals surface area contributed by atoms with Crippen LogP contribution in [0.5, 0.6) is 0 Å². The molecule has 1 aromatic heterocycles. The maximum atomic E-state index is 5.72. The Bertz CT molecular complexity index is 408. The van der Waals surface area contributed by atoms with E-state index < -0.39 is 0 Å². The van der Waals surface area contributed by atoms with Crippen LogP contribution in [0.25, 0.3) is 0 Å². The molecule has 2 rings (SSSR count). The average molecular weight is 319 g/mol. The van der Waals surface area contributed by atoms with E-state index in [1.165, 1.54) is 4.88 Å². The lowest BCUT2D eigenvalue weighted by molar-refractivity contribution is -0.121. The van der Waals surface area contributed by atoms with Crippen molar-refractivity contribution in [2.75, 3.05) is 20.3 Å². The normalized spacial score (nSPS) is 20.4. The SMILES string of the molecule is COCCCN1OC(N)=CC1c1ccc(Br)s1. The molecular weight excluding hydrogens is 304 g/mol. The number of nitrogens with zero attached hydrogens (tertiary/aromatic N) is 1. The number of thiophene rings is 1. The van der Waals surface area contributed by atoms with Crippen molar-refractivity contribution in [3.63, 3.8) is 0 Å². The first-order chi connectivity index (χ1) is 8.20. The topological polar surface area (TPSA) is 47.7 Å². The second kappa shape index (κ2) is 5.86. The van der Waals surface area contributed by atoms with Crippen LogP contribution in [-0.2, 0) is 9.57 Å². The number of hydrogen-bond donors (Lipinski definition) is 1. The Morgan fingerprint density at radius 1 is 1.59 bits per heavy atom. The molecule has 1 aromatic rings. The maximum Gasteiger partial charge on any atom is 0.207 e. The summed E-state index contributed by atoms with van der Waals surface area (Å²) in [5.41, 5.74) is 5.72. The van der Waals surface area contributed by atoms with E-state index in [0.29, 0.717) is 5.88 Å². The van der Waals surface area contributed by atoms with Crippen LogP contribution in [0, 0.1) is 0 Å². The second-order valence-corrected chi connectivity index (χ2v) is 6.23. The summed E-state index contributed by atoms with van der Waals surface area (Å²) in [5.74, 6) is 0.469. The molecule has 2 heterocycles. The van der Waals surface area contributed by atoms with Crippen molar-refractivity contribution in [2.45, 2.75) is 12.5 Å². The Kier molecular flexibility index (Phi) is 4.44. The molecular formula is C11H15BrN2O2S. The summed E-state index contributed by atoms with van der Waals surface area (Å²) in [7, 11) is 1.70. The van der Waals surface area contributed by atoms with Gasteiger partial charge in [-0.05, 0) is 34.5 Å². The number of halogens is 1. The lowest BCUT2D eigenvalue weighted by atomic mass is 10.2. The summed E-state index contributed by atoms with van der Waals surface area (Å²) in [6.07, 6.45) is 2.85. The maximum absolute atomic E-state index is 5.72. The summed E-state index contributed by atoms with van der Waals surface area (Å²) >= 11 is 5.16. The third-order valence-corrected chi connectivity index (χ3v) is 4.16. The summed E-state index contributed by atoms with van der Waals surface area (Å²) in [6.45, 7) is 1.52. The van der Waals surface area contributed by atoms with Crippen molar-refractivity contribution in [3.05, 3.63) is 32.8 Å². The standard InChI is InChI=1S/C11H15BrN2O2S/c1-15-6-2-5-14-8(7-11(13)16-14)9-3-4-10(12)17-9/h3-4,7-8H,2,5-6,13H2,1H3. The van der Waals surface area contributed by atoms with E-state index in [-0.39, 0.29) is 6.04 Å². The number of rotatable bonds is 5. The minimum Gasteiger partial charge on any atom is -0.388 e. The van der Waals surface area contributed by atoms with E-state index >= 15 is 0 Å². The van der Waals surface area contributed by atoms with Crippen LogP contribution in [-0.4, -0.2) is 25.3 Å². The van der Waals surface area contributed by atoms with Gasteiger partial charge in [0.2, 0.25) is 5.88 Å². The molecule has 0 aromatic carbocycles. The number of nitrogens with two attached hydrogens (primary N) is 1. The van der Waals surface area contributed by atoms with Crippen LogP contribution in [0.1, 0.15) is 17.3 Å². The summed E-state index contributed by atoms with van der Waals surface area (Å²) in [4.78, 5) is 6.71. The van der Waals surface area contributed by atoms with E-state index in [0.717, 1.165) is 23.4 Å². The van der Waals surface area contributed by atoms with Gasteiger partial charge in [0.15, 0.2) is 0 Å². The molecule has 0 bridgehead atoms. The van der Waals surface area contributed by atoms with Gasteiger partial charge in [-0.3, -0.25) is 0 Å². The highest BCUT2D eigenvalue weighted by atomic mass is 79.9. The highest BCUT2D eigenvalue weighted by molar-refractivity contribution is 9.11. The van der Waals surface area contributed by atoms with Crippen LogP contribution >= 0.6 is 27.3 Å². The molecule has 94 valence electrons. The van der Waals surface area contributed by atoms with E-state index in [1.54, 1.807) is 18.4 Å². The molecule has 17 heavy (non-hydrogen) atoms. The summed E-state index contributed by atoms with van der Waals surface area (Å²) < 4.78 is 6.15. The van der Waals surface area contributed by atoms with Crippen molar-refractivity contribution < 1.29 is 9.57 Å². The Labute approximate surface area is 113 Å². The van der Waals surface area contributed by atoms with Gasteiger partial charge in [0.05, 0.1) is 3.79 Å². The van der Waals surface area contributed by atoms with Crippen molar-refractivity contribution in [3.8, 4) is 0 Å². The van der Waals surface area contributed by atoms with Gasteiger partial charge in [-0.2, -0.15) is 0 Å². The number of hydrogen-bond acceptors (Lipinski definition) is 5. The van der Waals surface area contributed by atoms with E-state index in [4.69, 9.17) is 15.3 Å². The monoisotopic (exact) mass is 318 g/mol. The van der Waals surface area contributed by atoms with Gasteiger partial charge in [0.25, 0.3) is 0 Å². The molecule has 0 radical (unpaired) electrons. The third kappa shape index (κ3) is 3.22. The average Bonchev–Trinajstić information content (AvgIpc) is 2.85. The fourth-order valence-electron chi connectivity index (χ4n) is 1.72. The quantitative estimate of drug-likeness (QED) is 0.848. The Hall–Kier alpha value is -0.560. The van der Waals surface area contributed by atoms with Gasteiger partial charge in [0.1, 0.15) is 6.04 Å². The van der Waals surface area contributed by atoms with Crippen LogP contribution in [0.3, 0.4) is 0 Å². The zero-order valence-electron chi connectivity index (χ0n) is 9.56. The first kappa shape index (κ1) is 12.9. The fourth-order valence-corrected chi connectivity index (χ4v) is 3.22. The van der Waals surface area contributed by atoms with Crippen LogP contribution < -0.4 is 5.73 Å². The van der Waals surface area contributed by atoms with Gasteiger partial charge in [-0.15, -0.1) is 16.4 Å². The van der Waals surface area contributed by atoms with Gasteiger partial charge < -0.3 is 15.3 Å². The van der Waals surface area contributed by atoms with Gasteiger partial charge in [0, 0.05) is 31.2 Å². The smallest absolute Gasteiger partial charge is 0.207 e. The number of methoxy groups -OCH3 is 1. The lowest BCUT2D eigenvalue weighted by Crippen LogP contribution is -2.25. The molecule has 0 aliphatic carbocycles. The Balaban J connectivity index is 2.02. The predicted molar refractivity (Wildman–Crippen MR) is 71.3 cm³/mol. The van der Waals surface area contributed by atoms with Crippen LogP contribution in [0.15, 0.2) is 27.9 Å². The van der Waals surface area contributed by atoms with Crippen molar-refractivity contribution in [1.29, 1.82) is 0 Å². The van der Waals surface area contributed by atoms with E-state index in [1.807, 2.05) is 17.2 Å². The molecule has 1 unspecified atom stereocenters. The minimum atomic E-state index is 0.114. The molecule has 2 N–H and O–H groups in total. The molecule has 1 aliphatic rings. The molecule has 1 aliphatic heterocycles. The molecule has 0 saturated carbocycles. The third-order valence-electron chi connectivity index (χ3n) is 2.47. The highest BCUT2D eigenvalue weighted by Gasteiger charge is 2.27. The van der Waals surface area contributed by atoms with Gasteiger partial charge in [-0.25, -0.2) is 0 Å². The lowest BCUT2D eigenvalue weighted by Gasteiger charge is -2.21. The van der Waals surface area contributed by atoms with E-state index in [9.17, 15) is 0 Å². The largest absolute Gasteiger partial charge is 0.388 e.